The number of carbonyl (C=O) groups is 1. The van der Waals surface area contributed by atoms with E-state index in [2.05, 4.69) is 5.32 Å². The maximum atomic E-state index is 13.1. The number of rotatable bonds is 8. The van der Waals surface area contributed by atoms with Crippen molar-refractivity contribution in [3.05, 3.63) is 29.8 Å². The molecule has 1 heterocycles. The van der Waals surface area contributed by atoms with Crippen molar-refractivity contribution in [1.29, 1.82) is 5.41 Å². The summed E-state index contributed by atoms with van der Waals surface area (Å²) in [6, 6.07) is 4.62. The lowest BCUT2D eigenvalue weighted by Crippen LogP contribution is -2.50. The third-order valence-corrected chi connectivity index (χ3v) is 6.98. The van der Waals surface area contributed by atoms with Gasteiger partial charge in [-0.2, -0.15) is 0 Å². The summed E-state index contributed by atoms with van der Waals surface area (Å²) in [7, 11) is -3.83. The van der Waals surface area contributed by atoms with Crippen LogP contribution in [0.25, 0.3) is 0 Å². The number of carbonyl (C=O) groups excluding carboxylic acids is 2. The van der Waals surface area contributed by atoms with Gasteiger partial charge in [-0.3, -0.25) is 15.0 Å². The van der Waals surface area contributed by atoms with E-state index >= 15 is 0 Å². The van der Waals surface area contributed by atoms with Gasteiger partial charge in [-0.05, 0) is 38.3 Å². The highest BCUT2D eigenvalue weighted by atomic mass is 32.2. The third kappa shape index (κ3) is 5.08. The number of benzene rings is 1. The predicted molar refractivity (Wildman–Crippen MR) is 105 cm³/mol. The zero-order chi connectivity index (χ0) is 20.9. The van der Waals surface area contributed by atoms with Crippen molar-refractivity contribution in [3.8, 4) is 0 Å². The topological polar surface area (TPSA) is 159 Å². The molecule has 1 unspecified atom stereocenters. The zero-order valence-corrected chi connectivity index (χ0v) is 16.5. The summed E-state index contributed by atoms with van der Waals surface area (Å²) >= 11 is 0. The molecule has 1 radical (unpaired) electrons. The summed E-state index contributed by atoms with van der Waals surface area (Å²) in [5.74, 6) is -0.850. The summed E-state index contributed by atoms with van der Waals surface area (Å²) in [6.45, 7) is 2.08. The van der Waals surface area contributed by atoms with Crippen molar-refractivity contribution in [2.24, 2.45) is 11.5 Å². The average molecular weight is 409 g/mol. The van der Waals surface area contributed by atoms with Crippen LogP contribution in [0.15, 0.2) is 29.2 Å². The standard InChI is InChI=1S/C18H26N5O4S/c1-12-4-6-14(7-5-12)28(26,27)15(10-22-18(20)21)9-16(19)17(25)23-8-2-3-13(23)11-24/h4-7,13,15-16H,2-3,8-10,19H2,1H3,(H4,20,21,22)/t13-,15?,16-/m0/s1. The van der Waals surface area contributed by atoms with E-state index in [1.807, 2.05) is 13.2 Å². The van der Waals surface area contributed by atoms with Gasteiger partial charge in [0, 0.05) is 13.1 Å². The second-order valence-corrected chi connectivity index (χ2v) is 9.15. The Kier molecular flexibility index (Phi) is 7.14. The molecule has 9 nitrogen and oxygen atoms in total. The lowest BCUT2D eigenvalue weighted by molar-refractivity contribution is -0.132. The van der Waals surface area contributed by atoms with Crippen LogP contribution < -0.4 is 16.8 Å². The van der Waals surface area contributed by atoms with Gasteiger partial charge in [0.25, 0.3) is 0 Å². The fourth-order valence-electron chi connectivity index (χ4n) is 3.21. The second-order valence-electron chi connectivity index (χ2n) is 6.92. The molecule has 1 fully saturated rings. The van der Waals surface area contributed by atoms with E-state index in [4.69, 9.17) is 16.9 Å². The molecule has 0 saturated carbocycles. The van der Waals surface area contributed by atoms with Gasteiger partial charge >= 0.3 is 0 Å². The fourth-order valence-corrected chi connectivity index (χ4v) is 4.88. The molecule has 6 N–H and O–H groups in total. The monoisotopic (exact) mass is 408 g/mol. The van der Waals surface area contributed by atoms with Crippen LogP contribution in [0.3, 0.4) is 0 Å². The molecule has 3 atom stereocenters. The summed E-state index contributed by atoms with van der Waals surface area (Å²) in [4.78, 5) is 25.1. The number of nitrogens with two attached hydrogens (primary N) is 2. The molecule has 1 saturated heterocycles. The second kappa shape index (κ2) is 9.16. The first-order valence-corrected chi connectivity index (χ1v) is 10.5. The molecule has 2 rings (SSSR count). The molecule has 10 heteroatoms. The van der Waals surface area contributed by atoms with Gasteiger partial charge in [0.15, 0.2) is 15.8 Å². The Morgan fingerprint density at radius 2 is 2.04 bits per heavy atom. The Balaban J connectivity index is 2.22. The van der Waals surface area contributed by atoms with Gasteiger partial charge in [0.2, 0.25) is 12.2 Å². The van der Waals surface area contributed by atoms with E-state index in [0.717, 1.165) is 5.56 Å². The largest absolute Gasteiger partial charge is 0.370 e. The molecule has 28 heavy (non-hydrogen) atoms. The van der Waals surface area contributed by atoms with Crippen molar-refractivity contribution >= 4 is 28.0 Å². The molecule has 0 bridgehead atoms. The number of amides is 1. The van der Waals surface area contributed by atoms with Gasteiger partial charge in [-0.15, -0.1) is 0 Å². The Morgan fingerprint density at radius 1 is 1.39 bits per heavy atom. The normalized spacial score (nSPS) is 19.1. The number of sulfone groups is 1. The minimum Gasteiger partial charge on any atom is -0.370 e. The first kappa shape index (κ1) is 21.8. The van der Waals surface area contributed by atoms with Crippen LogP contribution in [0.1, 0.15) is 24.8 Å². The lowest BCUT2D eigenvalue weighted by Gasteiger charge is -2.26. The molecule has 1 aliphatic heterocycles. The molecule has 1 aromatic carbocycles. The highest BCUT2D eigenvalue weighted by molar-refractivity contribution is 7.92. The van der Waals surface area contributed by atoms with Crippen molar-refractivity contribution in [1.82, 2.24) is 10.2 Å². The van der Waals surface area contributed by atoms with E-state index in [-0.39, 0.29) is 23.8 Å². The maximum absolute atomic E-state index is 13.1. The van der Waals surface area contributed by atoms with Crippen LogP contribution in [0.2, 0.25) is 0 Å². The van der Waals surface area contributed by atoms with Crippen molar-refractivity contribution in [2.75, 3.05) is 13.1 Å². The van der Waals surface area contributed by atoms with Crippen molar-refractivity contribution < 1.29 is 18.0 Å². The van der Waals surface area contributed by atoms with E-state index < -0.39 is 33.1 Å². The minimum atomic E-state index is -3.83. The lowest BCUT2D eigenvalue weighted by atomic mass is 10.1. The summed E-state index contributed by atoms with van der Waals surface area (Å²) < 4.78 is 26.1. The van der Waals surface area contributed by atoms with Crippen LogP contribution >= 0.6 is 0 Å². The third-order valence-electron chi connectivity index (χ3n) is 4.81. The van der Waals surface area contributed by atoms with Crippen molar-refractivity contribution in [2.45, 2.75) is 48.4 Å². The van der Waals surface area contributed by atoms with Gasteiger partial charge in [0.1, 0.15) is 0 Å². The Labute approximate surface area is 164 Å². The van der Waals surface area contributed by atoms with Crippen LogP contribution in [0.5, 0.6) is 0 Å². The molecule has 1 amide bonds. The minimum absolute atomic E-state index is 0.105. The molecular weight excluding hydrogens is 382 g/mol. The van der Waals surface area contributed by atoms with E-state index in [1.165, 1.54) is 17.0 Å². The molecule has 1 aromatic rings. The number of nitrogens with zero attached hydrogens (tertiary/aromatic N) is 1. The van der Waals surface area contributed by atoms with E-state index in [9.17, 15) is 18.0 Å². The summed E-state index contributed by atoms with van der Waals surface area (Å²) in [5, 5.41) is 8.74. The van der Waals surface area contributed by atoms with Crippen LogP contribution in [0, 0.1) is 12.3 Å². The molecule has 0 aromatic heterocycles. The number of nitrogens with one attached hydrogen (secondary N) is 2. The van der Waals surface area contributed by atoms with Gasteiger partial charge in [-0.25, -0.2) is 8.42 Å². The molecule has 0 aliphatic carbocycles. The van der Waals surface area contributed by atoms with Crippen LogP contribution in [-0.2, 0) is 19.4 Å². The van der Waals surface area contributed by atoms with Crippen LogP contribution in [-0.4, -0.2) is 61.9 Å². The van der Waals surface area contributed by atoms with Crippen molar-refractivity contribution in [3.63, 3.8) is 0 Å². The smallest absolute Gasteiger partial charge is 0.240 e. The Bertz CT molecular complexity index is 825. The average Bonchev–Trinajstić information content (AvgIpc) is 3.13. The zero-order valence-electron chi connectivity index (χ0n) is 15.7. The first-order chi connectivity index (χ1) is 13.2. The van der Waals surface area contributed by atoms with Gasteiger partial charge in [-0.1, -0.05) is 17.7 Å². The van der Waals surface area contributed by atoms with E-state index in [1.54, 1.807) is 12.1 Å². The maximum Gasteiger partial charge on any atom is 0.240 e. The SMILES string of the molecule is Cc1ccc(S(=O)(=O)C(CNC(=N)N)C[C@H](N)C(=O)N2CCC[C@H]2[C]=O)cc1. The molecule has 153 valence electrons. The summed E-state index contributed by atoms with van der Waals surface area (Å²) in [6.07, 6.45) is 2.86. The first-order valence-electron chi connectivity index (χ1n) is 8.99. The molecular formula is C18H26N5O4S. The Hall–Kier alpha value is -2.46. The number of hydrogen-bond acceptors (Lipinski definition) is 6. The fraction of sp³-hybridized carbons (Fsp3) is 0.500. The highest BCUT2D eigenvalue weighted by Crippen LogP contribution is 2.22. The number of hydrogen-bond donors (Lipinski definition) is 4. The van der Waals surface area contributed by atoms with Gasteiger partial charge in [0.05, 0.1) is 22.2 Å². The number of likely N-dealkylation sites (tertiary alicyclic amines) is 1. The predicted octanol–water partition coefficient (Wildman–Crippen LogP) is -0.562. The van der Waals surface area contributed by atoms with Gasteiger partial charge < -0.3 is 21.7 Å². The van der Waals surface area contributed by atoms with E-state index in [0.29, 0.717) is 19.4 Å². The Morgan fingerprint density at radius 3 is 2.61 bits per heavy atom. The van der Waals surface area contributed by atoms with Crippen LogP contribution in [0.4, 0.5) is 0 Å². The number of aryl methyl sites for hydroxylation is 1. The number of guanidine groups is 1. The highest BCUT2D eigenvalue weighted by Gasteiger charge is 2.36. The quantitative estimate of drug-likeness (QED) is 0.331. The summed E-state index contributed by atoms with van der Waals surface area (Å²) in [5.41, 5.74) is 12.2. The molecule has 0 spiro atoms. The molecule has 1 aliphatic rings.